The number of benzene rings is 1. The van der Waals surface area contributed by atoms with Crippen molar-refractivity contribution in [2.24, 2.45) is 0 Å². The molecule has 0 atom stereocenters. The summed E-state index contributed by atoms with van der Waals surface area (Å²) in [6, 6.07) is 15.4. The van der Waals surface area contributed by atoms with Crippen molar-refractivity contribution in [2.45, 2.75) is 0 Å². The Labute approximate surface area is 110 Å². The van der Waals surface area contributed by atoms with Gasteiger partial charge in [-0.25, -0.2) is 4.98 Å². The fraction of sp³-hybridized carbons (Fsp3) is 0. The van der Waals surface area contributed by atoms with Gasteiger partial charge in [-0.1, -0.05) is 6.07 Å². The fourth-order valence-electron chi connectivity index (χ4n) is 1.94. The summed E-state index contributed by atoms with van der Waals surface area (Å²) < 4.78 is 0. The van der Waals surface area contributed by atoms with E-state index in [0.717, 1.165) is 22.3 Å². The smallest absolute Gasteiger partial charge is 0.142 e. The van der Waals surface area contributed by atoms with Crippen LogP contribution in [0.4, 0.5) is 11.4 Å². The maximum absolute atomic E-state index is 8.85. The largest absolute Gasteiger partial charge is 0.355 e. The zero-order chi connectivity index (χ0) is 13.1. The highest BCUT2D eigenvalue weighted by molar-refractivity contribution is 5.92. The van der Waals surface area contributed by atoms with Crippen molar-refractivity contribution in [1.29, 1.82) is 5.26 Å². The molecule has 0 saturated heterocycles. The molecule has 4 nitrogen and oxygen atoms in total. The molecule has 3 aromatic rings. The Bertz CT molecular complexity index is 769. The fourth-order valence-corrected chi connectivity index (χ4v) is 1.94. The Hall–Kier alpha value is -2.93. The third kappa shape index (κ3) is 2.22. The highest BCUT2D eigenvalue weighted by Crippen LogP contribution is 2.24. The van der Waals surface area contributed by atoms with Crippen LogP contribution in [-0.4, -0.2) is 9.97 Å². The predicted octanol–water partition coefficient (Wildman–Crippen LogP) is 3.25. The summed E-state index contributed by atoms with van der Waals surface area (Å²) in [5.74, 6) is 0. The Kier molecular flexibility index (Phi) is 2.79. The van der Waals surface area contributed by atoms with Crippen LogP contribution in [0.3, 0.4) is 0 Å². The Morgan fingerprint density at radius 1 is 1.00 bits per heavy atom. The Morgan fingerprint density at radius 2 is 1.95 bits per heavy atom. The number of nitrogens with one attached hydrogen (secondary N) is 1. The lowest BCUT2D eigenvalue weighted by molar-refractivity contribution is 1.26. The van der Waals surface area contributed by atoms with E-state index in [-0.39, 0.29) is 0 Å². The second-order valence-electron chi connectivity index (χ2n) is 4.04. The molecule has 0 aliphatic rings. The molecule has 0 aliphatic carbocycles. The molecule has 0 radical (unpaired) electrons. The summed E-state index contributed by atoms with van der Waals surface area (Å²) in [4.78, 5) is 8.26. The van der Waals surface area contributed by atoms with Crippen molar-refractivity contribution in [3.8, 4) is 6.07 Å². The molecular formula is C15H10N4. The van der Waals surface area contributed by atoms with Crippen molar-refractivity contribution >= 4 is 22.3 Å². The van der Waals surface area contributed by atoms with E-state index < -0.39 is 0 Å². The van der Waals surface area contributed by atoms with Crippen LogP contribution >= 0.6 is 0 Å². The summed E-state index contributed by atoms with van der Waals surface area (Å²) in [5, 5.41) is 13.2. The van der Waals surface area contributed by atoms with Crippen LogP contribution in [0.5, 0.6) is 0 Å². The van der Waals surface area contributed by atoms with E-state index >= 15 is 0 Å². The van der Waals surface area contributed by atoms with E-state index in [0.29, 0.717) is 5.69 Å². The highest BCUT2D eigenvalue weighted by Gasteiger charge is 2.02. The quantitative estimate of drug-likeness (QED) is 0.754. The monoisotopic (exact) mass is 246 g/mol. The number of rotatable bonds is 2. The minimum atomic E-state index is 0.392. The molecule has 3 rings (SSSR count). The average Bonchev–Trinajstić information content (AvgIpc) is 2.48. The molecule has 0 aliphatic heterocycles. The van der Waals surface area contributed by atoms with Gasteiger partial charge in [0.25, 0.3) is 0 Å². The first kappa shape index (κ1) is 11.2. The van der Waals surface area contributed by atoms with Gasteiger partial charge < -0.3 is 5.32 Å². The molecule has 0 unspecified atom stereocenters. The molecule has 0 bridgehead atoms. The number of aromatic nitrogens is 2. The van der Waals surface area contributed by atoms with E-state index in [2.05, 4.69) is 15.3 Å². The molecule has 2 aromatic heterocycles. The maximum atomic E-state index is 8.85. The van der Waals surface area contributed by atoms with Crippen LogP contribution in [0.2, 0.25) is 0 Å². The first-order valence-electron chi connectivity index (χ1n) is 5.84. The molecule has 0 amide bonds. The molecule has 19 heavy (non-hydrogen) atoms. The molecular weight excluding hydrogens is 236 g/mol. The first-order chi connectivity index (χ1) is 9.36. The molecule has 0 spiro atoms. The summed E-state index contributed by atoms with van der Waals surface area (Å²) in [6.45, 7) is 0. The zero-order valence-electron chi connectivity index (χ0n) is 10.0. The van der Waals surface area contributed by atoms with Crippen LogP contribution in [0.25, 0.3) is 10.9 Å². The summed E-state index contributed by atoms with van der Waals surface area (Å²) in [5.41, 5.74) is 3.12. The van der Waals surface area contributed by atoms with Gasteiger partial charge in [0.1, 0.15) is 11.8 Å². The Balaban J connectivity index is 2.04. The standard InChI is InChI=1S/C15H10N4/c16-10-12-9-11(6-8-17-12)19-15-5-1-4-14-13(15)3-2-7-18-14/h1-9H,(H,17,19). The topological polar surface area (TPSA) is 61.6 Å². The molecule has 4 heteroatoms. The van der Waals surface area contributed by atoms with E-state index in [4.69, 9.17) is 5.26 Å². The van der Waals surface area contributed by atoms with Gasteiger partial charge in [0.2, 0.25) is 0 Å². The van der Waals surface area contributed by atoms with Gasteiger partial charge in [-0.2, -0.15) is 5.26 Å². The lowest BCUT2D eigenvalue weighted by Gasteiger charge is -2.09. The van der Waals surface area contributed by atoms with Crippen molar-refractivity contribution in [3.63, 3.8) is 0 Å². The molecule has 0 saturated carbocycles. The molecule has 90 valence electrons. The zero-order valence-corrected chi connectivity index (χ0v) is 10.0. The predicted molar refractivity (Wildman–Crippen MR) is 74.0 cm³/mol. The number of nitriles is 1. The van der Waals surface area contributed by atoms with E-state index in [1.807, 2.05) is 42.5 Å². The summed E-state index contributed by atoms with van der Waals surface area (Å²) in [7, 11) is 0. The lowest BCUT2D eigenvalue weighted by Crippen LogP contribution is -1.93. The van der Waals surface area contributed by atoms with Crippen molar-refractivity contribution in [2.75, 3.05) is 5.32 Å². The molecule has 0 fully saturated rings. The van der Waals surface area contributed by atoms with E-state index in [9.17, 15) is 0 Å². The van der Waals surface area contributed by atoms with E-state index in [1.54, 1.807) is 18.5 Å². The molecule has 1 aromatic carbocycles. The van der Waals surface area contributed by atoms with Gasteiger partial charge in [0.05, 0.1) is 5.52 Å². The van der Waals surface area contributed by atoms with Gasteiger partial charge in [0.15, 0.2) is 0 Å². The summed E-state index contributed by atoms with van der Waals surface area (Å²) in [6.07, 6.45) is 3.39. The number of fused-ring (bicyclic) bond motifs is 1. The lowest BCUT2D eigenvalue weighted by atomic mass is 10.1. The number of nitrogens with zero attached hydrogens (tertiary/aromatic N) is 3. The number of hydrogen-bond acceptors (Lipinski definition) is 4. The van der Waals surface area contributed by atoms with Crippen LogP contribution in [-0.2, 0) is 0 Å². The number of anilines is 2. The van der Waals surface area contributed by atoms with Crippen molar-refractivity contribution in [1.82, 2.24) is 9.97 Å². The Morgan fingerprint density at radius 3 is 2.84 bits per heavy atom. The van der Waals surface area contributed by atoms with Gasteiger partial charge in [-0.3, -0.25) is 4.98 Å². The number of pyridine rings is 2. The first-order valence-corrected chi connectivity index (χ1v) is 5.84. The average molecular weight is 246 g/mol. The maximum Gasteiger partial charge on any atom is 0.142 e. The van der Waals surface area contributed by atoms with Gasteiger partial charge >= 0.3 is 0 Å². The molecule has 2 heterocycles. The normalized spacial score (nSPS) is 10.1. The van der Waals surface area contributed by atoms with Gasteiger partial charge in [0, 0.05) is 29.2 Å². The summed E-state index contributed by atoms with van der Waals surface area (Å²) >= 11 is 0. The van der Waals surface area contributed by atoms with Crippen molar-refractivity contribution in [3.05, 3.63) is 60.6 Å². The van der Waals surface area contributed by atoms with E-state index in [1.165, 1.54) is 0 Å². The minimum Gasteiger partial charge on any atom is -0.355 e. The second-order valence-corrected chi connectivity index (χ2v) is 4.04. The third-order valence-corrected chi connectivity index (χ3v) is 2.80. The van der Waals surface area contributed by atoms with Gasteiger partial charge in [-0.05, 0) is 36.4 Å². The van der Waals surface area contributed by atoms with Crippen LogP contribution in [0.15, 0.2) is 54.9 Å². The molecule has 1 N–H and O–H groups in total. The van der Waals surface area contributed by atoms with Crippen LogP contribution in [0.1, 0.15) is 5.69 Å². The number of hydrogen-bond donors (Lipinski definition) is 1. The SMILES string of the molecule is N#Cc1cc(Nc2cccc3ncccc23)ccn1. The highest BCUT2D eigenvalue weighted by atomic mass is 14.9. The second kappa shape index (κ2) is 4.75. The van der Waals surface area contributed by atoms with Crippen molar-refractivity contribution < 1.29 is 0 Å². The van der Waals surface area contributed by atoms with Crippen LogP contribution < -0.4 is 5.32 Å². The minimum absolute atomic E-state index is 0.392. The van der Waals surface area contributed by atoms with Gasteiger partial charge in [-0.15, -0.1) is 0 Å². The van der Waals surface area contributed by atoms with Crippen LogP contribution in [0, 0.1) is 11.3 Å². The third-order valence-electron chi connectivity index (χ3n) is 2.80.